The van der Waals surface area contributed by atoms with Crippen LogP contribution in [0.4, 0.5) is 10.1 Å². The minimum absolute atomic E-state index is 0.161. The molecule has 3 aliphatic rings. The van der Waals surface area contributed by atoms with Gasteiger partial charge in [-0.25, -0.2) is 9.37 Å². The quantitative estimate of drug-likeness (QED) is 0.553. The number of anilines is 1. The molecule has 1 atom stereocenters. The molecule has 4 amide bonds. The second-order valence-corrected chi connectivity index (χ2v) is 9.23. The number of imide groups is 1. The fourth-order valence-corrected chi connectivity index (χ4v) is 5.17. The second-order valence-electron chi connectivity index (χ2n) is 9.23. The number of aromatic nitrogens is 2. The number of carbonyl (C=O) groups excluding carboxylic acids is 4. The van der Waals surface area contributed by atoms with Crippen LogP contribution in [-0.4, -0.2) is 75.0 Å². The van der Waals surface area contributed by atoms with Gasteiger partial charge in [-0.1, -0.05) is 6.07 Å². The molecule has 5 heterocycles. The van der Waals surface area contributed by atoms with E-state index in [1.807, 2.05) is 29.3 Å². The molecule has 0 saturated carbocycles. The van der Waals surface area contributed by atoms with E-state index >= 15 is 4.39 Å². The minimum Gasteiger partial charge on any atom is -0.366 e. The summed E-state index contributed by atoms with van der Waals surface area (Å²) < 4.78 is 16.9. The molecule has 3 aromatic rings. The summed E-state index contributed by atoms with van der Waals surface area (Å²) >= 11 is 0. The summed E-state index contributed by atoms with van der Waals surface area (Å²) in [4.78, 5) is 59.0. The van der Waals surface area contributed by atoms with Crippen molar-refractivity contribution in [1.82, 2.24) is 24.5 Å². The average Bonchev–Trinajstić information content (AvgIpc) is 3.45. The zero-order valence-corrected chi connectivity index (χ0v) is 19.3. The Morgan fingerprint density at radius 2 is 1.89 bits per heavy atom. The van der Waals surface area contributed by atoms with Crippen molar-refractivity contribution >= 4 is 35.0 Å². The van der Waals surface area contributed by atoms with Crippen molar-refractivity contribution in [3.05, 3.63) is 65.4 Å². The van der Waals surface area contributed by atoms with Gasteiger partial charge in [0.1, 0.15) is 23.2 Å². The molecule has 3 aliphatic heterocycles. The molecule has 1 unspecified atom stereocenters. The number of benzene rings is 1. The number of fused-ring (bicyclic) bond motifs is 2. The number of nitrogens with one attached hydrogen (secondary N) is 1. The summed E-state index contributed by atoms with van der Waals surface area (Å²) in [5.74, 6) is -1.95. The maximum absolute atomic E-state index is 15.1. The molecular weight excluding hydrogens is 467 g/mol. The fraction of sp³-hybridized carbons (Fsp3) is 0.320. The van der Waals surface area contributed by atoms with Crippen molar-refractivity contribution in [2.45, 2.75) is 25.4 Å². The molecule has 0 bridgehead atoms. The predicted molar refractivity (Wildman–Crippen MR) is 126 cm³/mol. The van der Waals surface area contributed by atoms with E-state index in [0.29, 0.717) is 48.8 Å². The van der Waals surface area contributed by atoms with E-state index in [0.717, 1.165) is 0 Å². The van der Waals surface area contributed by atoms with Crippen LogP contribution in [0.5, 0.6) is 0 Å². The molecular formula is C25H23FN6O4. The second kappa shape index (κ2) is 8.43. The van der Waals surface area contributed by atoms with Gasteiger partial charge in [0.25, 0.3) is 11.8 Å². The Balaban J connectivity index is 1.15. The van der Waals surface area contributed by atoms with Gasteiger partial charge in [-0.05, 0) is 36.2 Å². The molecule has 0 radical (unpaired) electrons. The lowest BCUT2D eigenvalue weighted by molar-refractivity contribution is -0.136. The third-order valence-electron chi connectivity index (χ3n) is 7.08. The van der Waals surface area contributed by atoms with Crippen LogP contribution in [0.25, 0.3) is 5.65 Å². The summed E-state index contributed by atoms with van der Waals surface area (Å²) in [7, 11) is 0. The summed E-state index contributed by atoms with van der Waals surface area (Å²) in [6.07, 6.45) is 3.95. The topological polar surface area (TPSA) is 107 Å². The van der Waals surface area contributed by atoms with Crippen LogP contribution in [0, 0.1) is 5.82 Å². The Morgan fingerprint density at radius 3 is 2.64 bits per heavy atom. The Morgan fingerprint density at radius 1 is 1.08 bits per heavy atom. The molecule has 1 N–H and O–H groups in total. The lowest BCUT2D eigenvalue weighted by atomic mass is 10.0. The SMILES string of the molecule is O=C1CCC(N2Cc3cc(N4CCN(C(=O)c5cn6ccccc6n5)CC4)c(F)cc3C2=O)C(=O)N1. The van der Waals surface area contributed by atoms with Crippen LogP contribution in [0.1, 0.15) is 39.3 Å². The van der Waals surface area contributed by atoms with E-state index in [1.54, 1.807) is 21.6 Å². The Kier molecular flexibility index (Phi) is 5.20. The molecule has 2 aromatic heterocycles. The smallest absolute Gasteiger partial charge is 0.274 e. The fourth-order valence-electron chi connectivity index (χ4n) is 5.17. The molecule has 0 spiro atoms. The number of piperazine rings is 1. The zero-order chi connectivity index (χ0) is 25.0. The number of imidazole rings is 1. The lowest BCUT2D eigenvalue weighted by Crippen LogP contribution is -2.52. The molecule has 6 rings (SSSR count). The van der Waals surface area contributed by atoms with Crippen LogP contribution < -0.4 is 10.2 Å². The van der Waals surface area contributed by atoms with E-state index in [2.05, 4.69) is 10.3 Å². The van der Waals surface area contributed by atoms with Crippen molar-refractivity contribution in [3.63, 3.8) is 0 Å². The molecule has 2 fully saturated rings. The predicted octanol–water partition coefficient (Wildman–Crippen LogP) is 1.20. The van der Waals surface area contributed by atoms with E-state index in [4.69, 9.17) is 0 Å². The van der Waals surface area contributed by atoms with Crippen molar-refractivity contribution in [1.29, 1.82) is 0 Å². The third-order valence-corrected chi connectivity index (χ3v) is 7.08. The number of pyridine rings is 1. The molecule has 11 heteroatoms. The van der Waals surface area contributed by atoms with E-state index < -0.39 is 23.7 Å². The lowest BCUT2D eigenvalue weighted by Gasteiger charge is -2.36. The van der Waals surface area contributed by atoms with Crippen molar-refractivity contribution in [2.75, 3.05) is 31.1 Å². The summed E-state index contributed by atoms with van der Waals surface area (Å²) in [5.41, 5.74) is 2.31. The van der Waals surface area contributed by atoms with Gasteiger partial charge in [-0.3, -0.25) is 24.5 Å². The van der Waals surface area contributed by atoms with Gasteiger partial charge in [-0.15, -0.1) is 0 Å². The van der Waals surface area contributed by atoms with Crippen LogP contribution in [0.2, 0.25) is 0 Å². The normalized spacial score (nSPS) is 20.2. The monoisotopic (exact) mass is 490 g/mol. The number of hydrogen-bond acceptors (Lipinski definition) is 6. The Hall–Kier alpha value is -4.28. The van der Waals surface area contributed by atoms with Crippen LogP contribution in [0.15, 0.2) is 42.7 Å². The summed E-state index contributed by atoms with van der Waals surface area (Å²) in [6.45, 7) is 1.86. The number of halogens is 1. The first kappa shape index (κ1) is 22.2. The highest BCUT2D eigenvalue weighted by molar-refractivity contribution is 6.05. The number of hydrogen-bond donors (Lipinski definition) is 1. The Labute approximate surface area is 205 Å². The average molecular weight is 490 g/mol. The third kappa shape index (κ3) is 3.67. The maximum Gasteiger partial charge on any atom is 0.274 e. The van der Waals surface area contributed by atoms with E-state index in [-0.39, 0.29) is 36.8 Å². The molecule has 10 nitrogen and oxygen atoms in total. The summed E-state index contributed by atoms with van der Waals surface area (Å²) in [5, 5.41) is 2.27. The first-order chi connectivity index (χ1) is 17.4. The van der Waals surface area contributed by atoms with Crippen LogP contribution in [0.3, 0.4) is 0 Å². The largest absolute Gasteiger partial charge is 0.366 e. The number of carbonyl (C=O) groups is 4. The van der Waals surface area contributed by atoms with Crippen molar-refractivity contribution in [3.8, 4) is 0 Å². The molecule has 1 aromatic carbocycles. The Bertz CT molecular complexity index is 1390. The number of rotatable bonds is 3. The highest BCUT2D eigenvalue weighted by Crippen LogP contribution is 2.33. The molecule has 36 heavy (non-hydrogen) atoms. The molecule has 184 valence electrons. The van der Waals surface area contributed by atoms with Crippen molar-refractivity contribution in [2.24, 2.45) is 0 Å². The highest BCUT2D eigenvalue weighted by Gasteiger charge is 2.40. The van der Waals surface area contributed by atoms with Gasteiger partial charge in [0.15, 0.2) is 0 Å². The van der Waals surface area contributed by atoms with Gasteiger partial charge >= 0.3 is 0 Å². The number of piperidine rings is 1. The van der Waals surface area contributed by atoms with E-state index in [1.165, 1.54) is 11.0 Å². The van der Waals surface area contributed by atoms with Gasteiger partial charge in [-0.2, -0.15) is 0 Å². The van der Waals surface area contributed by atoms with Crippen molar-refractivity contribution < 1.29 is 23.6 Å². The van der Waals surface area contributed by atoms with Gasteiger partial charge in [0.05, 0.1) is 5.69 Å². The minimum atomic E-state index is -0.747. The van der Waals surface area contributed by atoms with Crippen LogP contribution >= 0.6 is 0 Å². The first-order valence-electron chi connectivity index (χ1n) is 11.8. The number of amides is 4. The molecule has 2 saturated heterocycles. The standard InChI is InChI=1S/C25H23FN6O4/c26-17-12-16-15(13-32(24(16)35)19-4-5-22(33)28-23(19)34)11-20(17)29-7-9-30(10-8-29)25(36)18-14-31-6-2-1-3-21(31)27-18/h1-3,6,11-12,14,19H,4-5,7-10,13H2,(H,28,33,34). The van der Waals surface area contributed by atoms with Gasteiger partial charge in [0, 0.05) is 57.1 Å². The zero-order valence-electron chi connectivity index (χ0n) is 19.3. The summed E-state index contributed by atoms with van der Waals surface area (Å²) in [6, 6.07) is 7.70. The molecule has 0 aliphatic carbocycles. The van der Waals surface area contributed by atoms with Gasteiger partial charge < -0.3 is 19.1 Å². The first-order valence-corrected chi connectivity index (χ1v) is 11.8. The highest BCUT2D eigenvalue weighted by atomic mass is 19.1. The van der Waals surface area contributed by atoms with E-state index in [9.17, 15) is 19.2 Å². The van der Waals surface area contributed by atoms with Crippen LogP contribution in [-0.2, 0) is 16.1 Å². The number of nitrogens with zero attached hydrogens (tertiary/aromatic N) is 5. The maximum atomic E-state index is 15.1. The van der Waals surface area contributed by atoms with Gasteiger partial charge in [0.2, 0.25) is 11.8 Å².